The van der Waals surface area contributed by atoms with Crippen molar-refractivity contribution < 1.29 is 10.0 Å². The summed E-state index contributed by atoms with van der Waals surface area (Å²) in [4.78, 5) is 0. The highest BCUT2D eigenvalue weighted by atomic mass is 28.3. The molecule has 0 aliphatic heterocycles. The SMILES string of the molecule is C[Si](c1ccccc1)(c1ccccc1)c1ccc(B(O)O)cc1. The normalized spacial score (nSPS) is 11.3. The zero-order valence-corrected chi connectivity index (χ0v) is 14.1. The summed E-state index contributed by atoms with van der Waals surface area (Å²) in [7, 11) is -3.52. The van der Waals surface area contributed by atoms with E-state index in [1.165, 1.54) is 15.6 Å². The van der Waals surface area contributed by atoms with Crippen molar-refractivity contribution in [2.75, 3.05) is 0 Å². The van der Waals surface area contributed by atoms with E-state index in [1.54, 1.807) is 12.1 Å². The van der Waals surface area contributed by atoms with Crippen LogP contribution in [-0.4, -0.2) is 25.2 Å². The summed E-state index contributed by atoms with van der Waals surface area (Å²) < 4.78 is 0. The zero-order valence-electron chi connectivity index (χ0n) is 13.1. The van der Waals surface area contributed by atoms with Gasteiger partial charge in [-0.15, -0.1) is 0 Å². The second-order valence-electron chi connectivity index (χ2n) is 5.85. The van der Waals surface area contributed by atoms with Gasteiger partial charge in [0, 0.05) is 0 Å². The molecule has 0 amide bonds. The summed E-state index contributed by atoms with van der Waals surface area (Å²) >= 11 is 0. The van der Waals surface area contributed by atoms with Crippen LogP contribution in [0.1, 0.15) is 0 Å². The van der Waals surface area contributed by atoms with Crippen molar-refractivity contribution in [3.63, 3.8) is 0 Å². The topological polar surface area (TPSA) is 40.5 Å². The van der Waals surface area contributed by atoms with Gasteiger partial charge in [-0.05, 0) is 21.0 Å². The molecule has 0 aliphatic rings. The molecule has 2 nitrogen and oxygen atoms in total. The molecule has 2 N–H and O–H groups in total. The van der Waals surface area contributed by atoms with Crippen molar-refractivity contribution in [3.05, 3.63) is 84.9 Å². The van der Waals surface area contributed by atoms with Crippen molar-refractivity contribution in [2.24, 2.45) is 0 Å². The monoisotopic (exact) mass is 318 g/mol. The van der Waals surface area contributed by atoms with Crippen LogP contribution in [0, 0.1) is 0 Å². The van der Waals surface area contributed by atoms with Crippen LogP contribution in [0.25, 0.3) is 0 Å². The quantitative estimate of drug-likeness (QED) is 0.542. The molecule has 4 heteroatoms. The molecule has 0 aromatic heterocycles. The Labute approximate surface area is 138 Å². The smallest absolute Gasteiger partial charge is 0.423 e. The molecule has 0 fully saturated rings. The average Bonchev–Trinajstić information content (AvgIpc) is 2.62. The molecule has 0 saturated carbocycles. The molecule has 0 unspecified atom stereocenters. The van der Waals surface area contributed by atoms with E-state index in [0.29, 0.717) is 5.46 Å². The molecular weight excluding hydrogens is 299 g/mol. The molecule has 0 bridgehead atoms. The highest BCUT2D eigenvalue weighted by molar-refractivity contribution is 7.10. The number of rotatable bonds is 4. The van der Waals surface area contributed by atoms with Crippen molar-refractivity contribution in [1.82, 2.24) is 0 Å². The summed E-state index contributed by atoms with van der Waals surface area (Å²) in [5.74, 6) is 0. The molecule has 0 aliphatic carbocycles. The van der Waals surface area contributed by atoms with Crippen LogP contribution in [0.3, 0.4) is 0 Å². The predicted octanol–water partition coefficient (Wildman–Crippen LogP) is 0.466. The molecule has 3 rings (SSSR count). The van der Waals surface area contributed by atoms with Crippen LogP contribution in [-0.2, 0) is 0 Å². The Balaban J connectivity index is 2.16. The first-order valence-electron chi connectivity index (χ1n) is 7.70. The first-order chi connectivity index (χ1) is 11.1. The van der Waals surface area contributed by atoms with Crippen molar-refractivity contribution in [3.8, 4) is 0 Å². The van der Waals surface area contributed by atoms with Gasteiger partial charge in [-0.25, -0.2) is 0 Å². The molecule has 0 atom stereocenters. The van der Waals surface area contributed by atoms with E-state index in [1.807, 2.05) is 24.3 Å². The molecule has 3 aromatic rings. The third kappa shape index (κ3) is 3.01. The van der Waals surface area contributed by atoms with E-state index in [-0.39, 0.29) is 0 Å². The Morgan fingerprint density at radius 1 is 0.609 bits per heavy atom. The third-order valence-electron chi connectivity index (χ3n) is 4.49. The number of hydrogen-bond acceptors (Lipinski definition) is 2. The van der Waals surface area contributed by atoms with Crippen LogP contribution in [0.2, 0.25) is 6.55 Å². The maximum atomic E-state index is 9.32. The lowest BCUT2D eigenvalue weighted by Gasteiger charge is -2.29. The minimum Gasteiger partial charge on any atom is -0.423 e. The zero-order chi connectivity index (χ0) is 16.3. The minimum atomic E-state index is -2.10. The molecular formula is C19H19BO2Si. The van der Waals surface area contributed by atoms with E-state index in [2.05, 4.69) is 55.1 Å². The summed E-state index contributed by atoms with van der Waals surface area (Å²) in [6.07, 6.45) is 0. The van der Waals surface area contributed by atoms with Gasteiger partial charge in [0.25, 0.3) is 0 Å². The second-order valence-corrected chi connectivity index (χ2v) is 9.83. The van der Waals surface area contributed by atoms with Gasteiger partial charge in [-0.3, -0.25) is 0 Å². The molecule has 0 saturated heterocycles. The van der Waals surface area contributed by atoms with Crippen molar-refractivity contribution in [1.29, 1.82) is 0 Å². The molecule has 0 radical (unpaired) electrons. The molecule has 0 spiro atoms. The van der Waals surface area contributed by atoms with Gasteiger partial charge >= 0.3 is 7.12 Å². The van der Waals surface area contributed by atoms with Crippen molar-refractivity contribution >= 4 is 36.2 Å². The minimum absolute atomic E-state index is 0.520. The summed E-state index contributed by atoms with van der Waals surface area (Å²) in [6, 6.07) is 28.8. The van der Waals surface area contributed by atoms with Gasteiger partial charge in [0.15, 0.2) is 0 Å². The maximum absolute atomic E-state index is 9.32. The highest BCUT2D eigenvalue weighted by Crippen LogP contribution is 2.06. The van der Waals surface area contributed by atoms with Gasteiger partial charge in [-0.1, -0.05) is 91.5 Å². The average molecular weight is 318 g/mol. The number of hydrogen-bond donors (Lipinski definition) is 2. The first kappa shape index (κ1) is 15.7. The molecule has 3 aromatic carbocycles. The fourth-order valence-electron chi connectivity index (χ4n) is 3.03. The van der Waals surface area contributed by atoms with Gasteiger partial charge in [0.2, 0.25) is 0 Å². The van der Waals surface area contributed by atoms with Gasteiger partial charge in [0.05, 0.1) is 0 Å². The van der Waals surface area contributed by atoms with Crippen LogP contribution in [0.15, 0.2) is 84.9 Å². The lowest BCUT2D eigenvalue weighted by Crippen LogP contribution is -2.64. The van der Waals surface area contributed by atoms with Crippen LogP contribution in [0.5, 0.6) is 0 Å². The Hall–Kier alpha value is -2.14. The van der Waals surface area contributed by atoms with Gasteiger partial charge in [-0.2, -0.15) is 0 Å². The highest BCUT2D eigenvalue weighted by Gasteiger charge is 2.33. The Morgan fingerprint density at radius 2 is 1.00 bits per heavy atom. The molecule has 114 valence electrons. The maximum Gasteiger partial charge on any atom is 0.488 e. The van der Waals surface area contributed by atoms with Gasteiger partial charge in [0.1, 0.15) is 8.07 Å². The fraction of sp³-hybridized carbons (Fsp3) is 0.0526. The standard InChI is InChI=1S/C19H19BO2Si/c1-23(17-8-4-2-5-9-17,18-10-6-3-7-11-18)19-14-12-16(13-15-19)20(21)22/h2-15,21-22H,1H3. The van der Waals surface area contributed by atoms with E-state index >= 15 is 0 Å². The van der Waals surface area contributed by atoms with E-state index in [9.17, 15) is 10.0 Å². The Morgan fingerprint density at radius 3 is 1.39 bits per heavy atom. The summed E-state index contributed by atoms with van der Waals surface area (Å²) in [5, 5.41) is 22.6. The molecule has 23 heavy (non-hydrogen) atoms. The van der Waals surface area contributed by atoms with E-state index in [4.69, 9.17) is 0 Å². The van der Waals surface area contributed by atoms with E-state index < -0.39 is 15.2 Å². The number of benzene rings is 3. The van der Waals surface area contributed by atoms with Gasteiger partial charge < -0.3 is 10.0 Å². The Kier molecular flexibility index (Phi) is 4.48. The summed E-state index contributed by atoms with van der Waals surface area (Å²) in [6.45, 7) is 2.34. The first-order valence-corrected chi connectivity index (χ1v) is 10.2. The fourth-order valence-corrected chi connectivity index (χ4v) is 6.58. The summed E-state index contributed by atoms with van der Waals surface area (Å²) in [5.41, 5.74) is 0.520. The van der Waals surface area contributed by atoms with Crippen molar-refractivity contribution in [2.45, 2.75) is 6.55 Å². The largest absolute Gasteiger partial charge is 0.488 e. The second kappa shape index (κ2) is 6.54. The van der Waals surface area contributed by atoms with Crippen LogP contribution in [0.4, 0.5) is 0 Å². The lowest BCUT2D eigenvalue weighted by molar-refractivity contribution is 0.426. The van der Waals surface area contributed by atoms with E-state index in [0.717, 1.165) is 0 Å². The third-order valence-corrected chi connectivity index (χ3v) is 8.95. The van der Waals surface area contributed by atoms with Crippen LogP contribution >= 0.6 is 0 Å². The lowest BCUT2D eigenvalue weighted by atomic mass is 9.81. The Bertz CT molecular complexity index is 719. The predicted molar refractivity (Wildman–Crippen MR) is 99.7 cm³/mol. The van der Waals surface area contributed by atoms with Crippen LogP contribution < -0.4 is 21.0 Å². The molecule has 0 heterocycles.